The molecule has 0 heterocycles. The third-order valence-electron chi connectivity index (χ3n) is 2.64. The Hall–Kier alpha value is -1.23. The van der Waals surface area contributed by atoms with Crippen LogP contribution in [0.3, 0.4) is 0 Å². The molecule has 0 saturated carbocycles. The van der Waals surface area contributed by atoms with E-state index in [1.54, 1.807) is 0 Å². The Morgan fingerprint density at radius 1 is 1.24 bits per heavy atom. The maximum Gasteiger partial charge on any atom is 0.573 e. The zero-order valence-corrected chi connectivity index (χ0v) is 9.66. The van der Waals surface area contributed by atoms with Crippen LogP contribution in [0.25, 0.3) is 0 Å². The van der Waals surface area contributed by atoms with Crippen LogP contribution in [0.5, 0.6) is 5.75 Å². The molecule has 0 aliphatic rings. The summed E-state index contributed by atoms with van der Waals surface area (Å²) < 4.78 is 39.5. The van der Waals surface area contributed by atoms with Gasteiger partial charge in [-0.05, 0) is 23.6 Å². The number of aliphatic hydroxyl groups excluding tert-OH is 1. The lowest BCUT2D eigenvalue weighted by molar-refractivity contribution is -0.274. The van der Waals surface area contributed by atoms with E-state index in [1.165, 1.54) is 24.3 Å². The molecule has 0 fully saturated rings. The highest BCUT2D eigenvalue weighted by Gasteiger charge is 2.31. The van der Waals surface area contributed by atoms with Crippen LogP contribution in [0.2, 0.25) is 0 Å². The molecule has 0 spiro atoms. The molecular weight excluding hydrogens is 233 g/mol. The van der Waals surface area contributed by atoms with Crippen LogP contribution in [0, 0.1) is 5.92 Å². The predicted octanol–water partition coefficient (Wildman–Crippen LogP) is 3.66. The number of halogens is 3. The normalized spacial score (nSPS) is 15.4. The fourth-order valence-electron chi connectivity index (χ4n) is 1.42. The molecule has 1 aromatic carbocycles. The average molecular weight is 248 g/mol. The first-order valence-electron chi connectivity index (χ1n) is 5.37. The number of hydrogen-bond acceptors (Lipinski definition) is 2. The number of ether oxygens (including phenoxy) is 1. The average Bonchev–Trinajstić information content (AvgIpc) is 2.26. The van der Waals surface area contributed by atoms with Gasteiger partial charge in [-0.15, -0.1) is 13.2 Å². The van der Waals surface area contributed by atoms with Crippen molar-refractivity contribution >= 4 is 0 Å². The molecule has 2 unspecified atom stereocenters. The molecule has 2 nitrogen and oxygen atoms in total. The summed E-state index contributed by atoms with van der Waals surface area (Å²) in [5.74, 6) is -0.220. The molecular formula is C12H15F3O2. The predicted molar refractivity (Wildman–Crippen MR) is 57.5 cm³/mol. The van der Waals surface area contributed by atoms with E-state index in [2.05, 4.69) is 4.74 Å². The quantitative estimate of drug-likeness (QED) is 0.881. The molecule has 0 saturated heterocycles. The van der Waals surface area contributed by atoms with Gasteiger partial charge in [0.05, 0.1) is 6.10 Å². The van der Waals surface area contributed by atoms with Crippen molar-refractivity contribution in [2.24, 2.45) is 5.92 Å². The van der Waals surface area contributed by atoms with Crippen molar-refractivity contribution in [2.75, 3.05) is 0 Å². The lowest BCUT2D eigenvalue weighted by atomic mass is 9.95. The van der Waals surface area contributed by atoms with Gasteiger partial charge in [0, 0.05) is 0 Å². The molecule has 17 heavy (non-hydrogen) atoms. The monoisotopic (exact) mass is 248 g/mol. The maximum atomic E-state index is 11.9. The molecule has 2 atom stereocenters. The molecule has 0 aromatic heterocycles. The first-order valence-corrected chi connectivity index (χ1v) is 5.37. The summed E-state index contributed by atoms with van der Waals surface area (Å²) in [5, 5.41) is 9.85. The Balaban J connectivity index is 2.74. The number of aliphatic hydroxyl groups is 1. The topological polar surface area (TPSA) is 29.5 Å². The first-order chi connectivity index (χ1) is 7.83. The van der Waals surface area contributed by atoms with E-state index in [0.717, 1.165) is 6.42 Å². The fourth-order valence-corrected chi connectivity index (χ4v) is 1.42. The van der Waals surface area contributed by atoms with Gasteiger partial charge in [-0.2, -0.15) is 0 Å². The summed E-state index contributed by atoms with van der Waals surface area (Å²) >= 11 is 0. The molecule has 1 N–H and O–H groups in total. The number of hydrogen-bond donors (Lipinski definition) is 1. The van der Waals surface area contributed by atoms with Crippen molar-refractivity contribution in [3.63, 3.8) is 0 Å². The molecule has 0 bridgehead atoms. The van der Waals surface area contributed by atoms with Gasteiger partial charge in [0.1, 0.15) is 5.75 Å². The Morgan fingerprint density at radius 2 is 1.76 bits per heavy atom. The van der Waals surface area contributed by atoms with E-state index in [9.17, 15) is 18.3 Å². The summed E-state index contributed by atoms with van der Waals surface area (Å²) in [7, 11) is 0. The van der Waals surface area contributed by atoms with E-state index < -0.39 is 12.5 Å². The minimum absolute atomic E-state index is 0.0596. The number of rotatable bonds is 4. The van der Waals surface area contributed by atoms with E-state index in [0.29, 0.717) is 5.56 Å². The summed E-state index contributed by atoms with van der Waals surface area (Å²) in [5.41, 5.74) is 0.592. The van der Waals surface area contributed by atoms with Gasteiger partial charge in [-0.3, -0.25) is 0 Å². The summed E-state index contributed by atoms with van der Waals surface area (Å²) in [6, 6.07) is 5.29. The van der Waals surface area contributed by atoms with Gasteiger partial charge < -0.3 is 9.84 Å². The molecule has 5 heteroatoms. The van der Waals surface area contributed by atoms with Crippen molar-refractivity contribution in [1.82, 2.24) is 0 Å². The van der Waals surface area contributed by atoms with Gasteiger partial charge in [0.15, 0.2) is 0 Å². The summed E-state index contributed by atoms with van der Waals surface area (Å²) in [6.45, 7) is 3.82. The summed E-state index contributed by atoms with van der Waals surface area (Å²) in [4.78, 5) is 0. The van der Waals surface area contributed by atoms with Gasteiger partial charge in [-0.1, -0.05) is 32.4 Å². The van der Waals surface area contributed by atoms with Gasteiger partial charge >= 0.3 is 6.36 Å². The van der Waals surface area contributed by atoms with Crippen LogP contribution in [0.1, 0.15) is 31.9 Å². The van der Waals surface area contributed by atoms with E-state index >= 15 is 0 Å². The lowest BCUT2D eigenvalue weighted by Crippen LogP contribution is -2.17. The molecule has 96 valence electrons. The van der Waals surface area contributed by atoms with E-state index in [-0.39, 0.29) is 11.7 Å². The van der Waals surface area contributed by atoms with Gasteiger partial charge in [0.2, 0.25) is 0 Å². The third kappa shape index (κ3) is 4.26. The maximum absolute atomic E-state index is 11.9. The van der Waals surface area contributed by atoms with E-state index in [4.69, 9.17) is 0 Å². The molecule has 0 radical (unpaired) electrons. The van der Waals surface area contributed by atoms with Gasteiger partial charge in [-0.25, -0.2) is 0 Å². The van der Waals surface area contributed by atoms with E-state index in [1.807, 2.05) is 13.8 Å². The number of benzene rings is 1. The van der Waals surface area contributed by atoms with Crippen molar-refractivity contribution < 1.29 is 23.0 Å². The fraction of sp³-hybridized carbons (Fsp3) is 0.500. The Morgan fingerprint density at radius 3 is 2.18 bits per heavy atom. The smallest absolute Gasteiger partial charge is 0.406 e. The second-order valence-electron chi connectivity index (χ2n) is 3.95. The molecule has 1 rings (SSSR count). The highest BCUT2D eigenvalue weighted by Crippen LogP contribution is 2.27. The van der Waals surface area contributed by atoms with Crippen LogP contribution in [0.15, 0.2) is 24.3 Å². The molecule has 0 aliphatic carbocycles. The summed E-state index contributed by atoms with van der Waals surface area (Å²) in [6.07, 6.45) is -4.56. The zero-order valence-electron chi connectivity index (χ0n) is 9.66. The second kappa shape index (κ2) is 5.40. The number of alkyl halides is 3. The molecule has 1 aromatic rings. The lowest BCUT2D eigenvalue weighted by Gasteiger charge is -2.18. The van der Waals surface area contributed by atoms with Crippen molar-refractivity contribution in [3.05, 3.63) is 29.8 Å². The van der Waals surface area contributed by atoms with Crippen LogP contribution >= 0.6 is 0 Å². The minimum atomic E-state index is -4.68. The highest BCUT2D eigenvalue weighted by molar-refractivity contribution is 5.28. The molecule has 0 amide bonds. The third-order valence-corrected chi connectivity index (χ3v) is 2.64. The first kappa shape index (κ1) is 13.8. The Labute approximate surface area is 98.0 Å². The Kier molecular flexibility index (Phi) is 4.40. The molecule has 0 aliphatic heterocycles. The van der Waals surface area contributed by atoms with Crippen molar-refractivity contribution in [3.8, 4) is 5.75 Å². The zero-order chi connectivity index (χ0) is 13.1. The largest absolute Gasteiger partial charge is 0.573 e. The van der Waals surface area contributed by atoms with Gasteiger partial charge in [0.25, 0.3) is 0 Å². The standard InChI is InChI=1S/C12H15F3O2/c1-3-8(2)11(16)9-4-6-10(7-5-9)17-12(13,14)15/h4-8,11,16H,3H2,1-2H3. The van der Waals surface area contributed by atoms with Crippen LogP contribution in [0.4, 0.5) is 13.2 Å². The minimum Gasteiger partial charge on any atom is -0.406 e. The van der Waals surface area contributed by atoms with Crippen LogP contribution in [-0.4, -0.2) is 11.5 Å². The highest BCUT2D eigenvalue weighted by atomic mass is 19.4. The van der Waals surface area contributed by atoms with Crippen molar-refractivity contribution in [1.29, 1.82) is 0 Å². The van der Waals surface area contributed by atoms with Crippen LogP contribution < -0.4 is 4.74 Å². The van der Waals surface area contributed by atoms with Crippen molar-refractivity contribution in [2.45, 2.75) is 32.7 Å². The SMILES string of the molecule is CCC(C)C(O)c1ccc(OC(F)(F)F)cc1. The van der Waals surface area contributed by atoms with Crippen LogP contribution in [-0.2, 0) is 0 Å². The second-order valence-corrected chi connectivity index (χ2v) is 3.95. The Bertz CT molecular complexity index is 346.